The fourth-order valence-corrected chi connectivity index (χ4v) is 4.52. The van der Waals surface area contributed by atoms with Gasteiger partial charge in [-0.05, 0) is 50.4 Å². The van der Waals surface area contributed by atoms with E-state index in [9.17, 15) is 8.42 Å². The van der Waals surface area contributed by atoms with Crippen LogP contribution in [0.1, 0.15) is 24.8 Å². The Morgan fingerprint density at radius 2 is 2.05 bits per heavy atom. The zero-order chi connectivity index (χ0) is 14.4. The Labute approximate surface area is 121 Å². The van der Waals surface area contributed by atoms with E-state index in [-0.39, 0.29) is 11.0 Å². The lowest BCUT2D eigenvalue weighted by Gasteiger charge is -2.15. The molecular formula is C15H23NO3S. The second-order valence-electron chi connectivity index (χ2n) is 5.23. The van der Waals surface area contributed by atoms with Gasteiger partial charge in [-0.25, -0.2) is 8.42 Å². The predicted molar refractivity (Wildman–Crippen MR) is 81.0 cm³/mol. The average Bonchev–Trinajstić information content (AvgIpc) is 2.75. The minimum Gasteiger partial charge on any atom is -0.496 e. The van der Waals surface area contributed by atoms with E-state index < -0.39 is 9.84 Å². The van der Waals surface area contributed by atoms with Crippen LogP contribution in [0.15, 0.2) is 24.3 Å². The van der Waals surface area contributed by atoms with Gasteiger partial charge in [-0.15, -0.1) is 0 Å². The summed E-state index contributed by atoms with van der Waals surface area (Å²) >= 11 is 0. The molecular weight excluding hydrogens is 274 g/mol. The molecule has 0 aliphatic carbocycles. The van der Waals surface area contributed by atoms with Crippen LogP contribution in [0.2, 0.25) is 0 Å². The summed E-state index contributed by atoms with van der Waals surface area (Å²) in [4.78, 5) is 0. The van der Waals surface area contributed by atoms with Gasteiger partial charge in [-0.1, -0.05) is 18.2 Å². The zero-order valence-electron chi connectivity index (χ0n) is 12.0. The largest absolute Gasteiger partial charge is 0.496 e. The van der Waals surface area contributed by atoms with E-state index in [1.807, 2.05) is 24.3 Å². The number of nitrogens with one attached hydrogen (secondary N) is 1. The molecule has 1 unspecified atom stereocenters. The highest BCUT2D eigenvalue weighted by molar-refractivity contribution is 7.92. The lowest BCUT2D eigenvalue weighted by atomic mass is 10.1. The molecule has 1 N–H and O–H groups in total. The van der Waals surface area contributed by atoms with E-state index in [1.165, 1.54) is 0 Å². The number of aryl methyl sites for hydroxylation is 1. The van der Waals surface area contributed by atoms with E-state index in [0.717, 1.165) is 43.7 Å². The van der Waals surface area contributed by atoms with Gasteiger partial charge in [0.2, 0.25) is 0 Å². The van der Waals surface area contributed by atoms with Crippen molar-refractivity contribution >= 4 is 9.84 Å². The molecule has 5 heteroatoms. The van der Waals surface area contributed by atoms with Crippen LogP contribution in [0.5, 0.6) is 5.75 Å². The third kappa shape index (κ3) is 3.96. The highest BCUT2D eigenvalue weighted by Gasteiger charge is 2.26. The van der Waals surface area contributed by atoms with E-state index in [1.54, 1.807) is 7.11 Å². The number of hydrogen-bond donors (Lipinski definition) is 1. The van der Waals surface area contributed by atoms with Crippen molar-refractivity contribution in [2.45, 2.75) is 30.9 Å². The Morgan fingerprint density at radius 3 is 2.85 bits per heavy atom. The number of para-hydroxylation sites is 1. The van der Waals surface area contributed by atoms with Gasteiger partial charge in [0.1, 0.15) is 5.75 Å². The first kappa shape index (κ1) is 15.3. The van der Waals surface area contributed by atoms with Crippen molar-refractivity contribution in [2.75, 3.05) is 26.0 Å². The van der Waals surface area contributed by atoms with Crippen LogP contribution in [0.3, 0.4) is 0 Å². The standard InChI is InChI=1S/C15H23NO3S/c1-19-15-7-3-2-5-13(15)9-12-20(17,18)14-6-4-10-16-11-8-14/h2-3,5,7,14,16H,4,6,8-12H2,1H3. The first-order chi connectivity index (χ1) is 9.63. The molecule has 0 spiro atoms. The molecule has 1 aromatic carbocycles. The number of benzene rings is 1. The fraction of sp³-hybridized carbons (Fsp3) is 0.600. The maximum Gasteiger partial charge on any atom is 0.153 e. The summed E-state index contributed by atoms with van der Waals surface area (Å²) in [6, 6.07) is 7.62. The Balaban J connectivity index is 2.01. The van der Waals surface area contributed by atoms with Gasteiger partial charge in [0, 0.05) is 0 Å². The van der Waals surface area contributed by atoms with Gasteiger partial charge in [0.05, 0.1) is 18.1 Å². The van der Waals surface area contributed by atoms with Crippen molar-refractivity contribution in [1.82, 2.24) is 5.32 Å². The van der Waals surface area contributed by atoms with Crippen LogP contribution in [0.25, 0.3) is 0 Å². The molecule has 4 nitrogen and oxygen atoms in total. The van der Waals surface area contributed by atoms with Crippen molar-refractivity contribution in [1.29, 1.82) is 0 Å². The number of methoxy groups -OCH3 is 1. The molecule has 1 heterocycles. The third-order valence-corrected chi connectivity index (χ3v) is 6.14. The normalized spacial score (nSPS) is 20.4. The molecule has 1 saturated heterocycles. The van der Waals surface area contributed by atoms with Gasteiger partial charge in [-0.2, -0.15) is 0 Å². The highest BCUT2D eigenvalue weighted by Crippen LogP contribution is 2.21. The first-order valence-electron chi connectivity index (χ1n) is 7.17. The van der Waals surface area contributed by atoms with Crippen LogP contribution >= 0.6 is 0 Å². The van der Waals surface area contributed by atoms with E-state index in [4.69, 9.17) is 4.74 Å². The monoisotopic (exact) mass is 297 g/mol. The number of hydrogen-bond acceptors (Lipinski definition) is 4. The molecule has 1 atom stereocenters. The summed E-state index contributed by atoms with van der Waals surface area (Å²) in [5.41, 5.74) is 0.963. The quantitative estimate of drug-likeness (QED) is 0.900. The summed E-state index contributed by atoms with van der Waals surface area (Å²) in [5, 5.41) is 3.07. The smallest absolute Gasteiger partial charge is 0.153 e. The Bertz CT molecular complexity index is 520. The number of rotatable bonds is 5. The molecule has 1 aromatic rings. The molecule has 0 saturated carbocycles. The SMILES string of the molecule is COc1ccccc1CCS(=O)(=O)C1CCCNCC1. The number of sulfone groups is 1. The van der Waals surface area contributed by atoms with Gasteiger partial charge in [0.15, 0.2) is 9.84 Å². The molecule has 1 aliphatic heterocycles. The minimum absolute atomic E-state index is 0.188. The molecule has 0 bridgehead atoms. The molecule has 2 rings (SSSR count). The summed E-state index contributed by atoms with van der Waals surface area (Å²) in [7, 11) is -1.41. The lowest BCUT2D eigenvalue weighted by molar-refractivity contribution is 0.410. The van der Waals surface area contributed by atoms with Crippen LogP contribution in [-0.2, 0) is 16.3 Å². The molecule has 1 fully saturated rings. The Kier molecular flexibility index (Phi) is 5.43. The second-order valence-corrected chi connectivity index (χ2v) is 7.63. The van der Waals surface area contributed by atoms with Gasteiger partial charge < -0.3 is 10.1 Å². The zero-order valence-corrected chi connectivity index (χ0v) is 12.8. The number of ether oxygens (including phenoxy) is 1. The maximum absolute atomic E-state index is 12.4. The van der Waals surface area contributed by atoms with E-state index in [2.05, 4.69) is 5.32 Å². The summed E-state index contributed by atoms with van der Waals surface area (Å²) in [5.74, 6) is 0.975. The van der Waals surface area contributed by atoms with Crippen molar-refractivity contribution in [2.24, 2.45) is 0 Å². The van der Waals surface area contributed by atoms with Crippen molar-refractivity contribution in [3.63, 3.8) is 0 Å². The first-order valence-corrected chi connectivity index (χ1v) is 8.89. The van der Waals surface area contributed by atoms with E-state index >= 15 is 0 Å². The topological polar surface area (TPSA) is 55.4 Å². The van der Waals surface area contributed by atoms with Crippen molar-refractivity contribution in [3.05, 3.63) is 29.8 Å². The lowest BCUT2D eigenvalue weighted by Crippen LogP contribution is -2.26. The van der Waals surface area contributed by atoms with E-state index in [0.29, 0.717) is 6.42 Å². The third-order valence-electron chi connectivity index (χ3n) is 3.88. The molecule has 112 valence electrons. The molecule has 0 amide bonds. The summed E-state index contributed by atoms with van der Waals surface area (Å²) in [6.45, 7) is 1.73. The average molecular weight is 297 g/mol. The fourth-order valence-electron chi connectivity index (χ4n) is 2.67. The molecule has 0 radical (unpaired) electrons. The van der Waals surface area contributed by atoms with Gasteiger partial charge in [0.25, 0.3) is 0 Å². The Morgan fingerprint density at radius 1 is 1.25 bits per heavy atom. The van der Waals surface area contributed by atoms with Crippen LogP contribution in [0, 0.1) is 0 Å². The van der Waals surface area contributed by atoms with Gasteiger partial charge >= 0.3 is 0 Å². The van der Waals surface area contributed by atoms with Crippen molar-refractivity contribution in [3.8, 4) is 5.75 Å². The molecule has 0 aromatic heterocycles. The minimum atomic E-state index is -3.03. The molecule has 1 aliphatic rings. The second kappa shape index (κ2) is 7.09. The van der Waals surface area contributed by atoms with Crippen LogP contribution in [0.4, 0.5) is 0 Å². The summed E-state index contributed by atoms with van der Waals surface area (Å²) < 4.78 is 30.2. The Hall–Kier alpha value is -1.07. The van der Waals surface area contributed by atoms with Crippen LogP contribution in [-0.4, -0.2) is 39.6 Å². The van der Waals surface area contributed by atoms with Crippen molar-refractivity contribution < 1.29 is 13.2 Å². The predicted octanol–water partition coefficient (Wildman–Crippen LogP) is 1.79. The maximum atomic E-state index is 12.4. The summed E-state index contributed by atoms with van der Waals surface area (Å²) in [6.07, 6.45) is 2.98. The molecule has 20 heavy (non-hydrogen) atoms. The highest BCUT2D eigenvalue weighted by atomic mass is 32.2. The van der Waals surface area contributed by atoms with Crippen LogP contribution < -0.4 is 10.1 Å². The van der Waals surface area contributed by atoms with Gasteiger partial charge in [-0.3, -0.25) is 0 Å².